The molecule has 1 amide bonds. The van der Waals surface area contributed by atoms with Gasteiger partial charge in [0.05, 0.1) is 18.5 Å². The van der Waals surface area contributed by atoms with Crippen LogP contribution in [0.1, 0.15) is 29.5 Å². The Morgan fingerprint density at radius 2 is 2.31 bits per heavy atom. The van der Waals surface area contributed by atoms with Gasteiger partial charge in [-0.2, -0.15) is 10.6 Å². The summed E-state index contributed by atoms with van der Waals surface area (Å²) in [6, 6.07) is 0. The van der Waals surface area contributed by atoms with Crippen molar-refractivity contribution in [2.45, 2.75) is 26.4 Å². The molecule has 1 aromatic rings. The molecule has 0 bridgehead atoms. The minimum absolute atomic E-state index is 0.216. The molecule has 0 aliphatic rings. The summed E-state index contributed by atoms with van der Waals surface area (Å²) in [5.41, 5.74) is 14.9. The maximum absolute atomic E-state index is 11.2. The van der Waals surface area contributed by atoms with Gasteiger partial charge in [0.15, 0.2) is 5.69 Å². The van der Waals surface area contributed by atoms with Crippen LogP contribution in [-0.4, -0.2) is 22.8 Å². The molecule has 16 heavy (non-hydrogen) atoms. The minimum Gasteiger partial charge on any atom is -0.395 e. The Morgan fingerprint density at radius 3 is 2.81 bits per heavy atom. The van der Waals surface area contributed by atoms with E-state index in [1.165, 1.54) is 11.8 Å². The summed E-state index contributed by atoms with van der Waals surface area (Å²) in [6.07, 6.45) is 1.61. The fourth-order valence-corrected chi connectivity index (χ4v) is 1.45. The number of hydroxylamine groups is 1. The van der Waals surface area contributed by atoms with Crippen molar-refractivity contribution in [3.63, 3.8) is 0 Å². The van der Waals surface area contributed by atoms with Gasteiger partial charge in [0, 0.05) is 0 Å². The zero-order chi connectivity index (χ0) is 12.1. The third-order valence-corrected chi connectivity index (χ3v) is 2.14. The Labute approximate surface area is 93.7 Å². The van der Waals surface area contributed by atoms with E-state index in [0.717, 1.165) is 6.42 Å². The Hall–Kier alpha value is -1.60. The number of aromatic nitrogens is 2. The number of nitrogens with zero attached hydrogens (tertiary/aromatic N) is 2. The van der Waals surface area contributed by atoms with Gasteiger partial charge in [-0.25, -0.2) is 4.68 Å². The predicted molar refractivity (Wildman–Crippen MR) is 59.3 cm³/mol. The van der Waals surface area contributed by atoms with Gasteiger partial charge < -0.3 is 16.3 Å². The summed E-state index contributed by atoms with van der Waals surface area (Å²) in [7, 11) is 1.48. The summed E-state index contributed by atoms with van der Waals surface area (Å²) in [6.45, 7) is 2.23. The van der Waals surface area contributed by atoms with Gasteiger partial charge in [0.1, 0.15) is 6.67 Å². The van der Waals surface area contributed by atoms with Crippen LogP contribution in [0.5, 0.6) is 0 Å². The van der Waals surface area contributed by atoms with E-state index in [9.17, 15) is 4.79 Å². The average molecular weight is 227 g/mol. The highest BCUT2D eigenvalue weighted by atomic mass is 16.6. The highest BCUT2D eigenvalue weighted by Crippen LogP contribution is 2.17. The molecule has 0 fully saturated rings. The van der Waals surface area contributed by atoms with Gasteiger partial charge in [0.2, 0.25) is 0 Å². The molecule has 0 atom stereocenters. The van der Waals surface area contributed by atoms with Crippen molar-refractivity contribution in [3.05, 3.63) is 11.4 Å². The topological polar surface area (TPSA) is 108 Å². The lowest BCUT2D eigenvalue weighted by atomic mass is 10.2. The van der Waals surface area contributed by atoms with Gasteiger partial charge in [-0.05, 0) is 6.42 Å². The van der Waals surface area contributed by atoms with Gasteiger partial charge >= 0.3 is 0 Å². The van der Waals surface area contributed by atoms with Crippen LogP contribution in [-0.2, 0) is 17.9 Å². The molecule has 1 rings (SSSR count). The highest BCUT2D eigenvalue weighted by molar-refractivity contribution is 5.96. The van der Waals surface area contributed by atoms with E-state index in [1.54, 1.807) is 0 Å². The van der Waals surface area contributed by atoms with Crippen molar-refractivity contribution >= 4 is 11.6 Å². The van der Waals surface area contributed by atoms with Crippen LogP contribution in [0.4, 0.5) is 5.69 Å². The molecule has 0 aliphatic heterocycles. The number of aryl methyl sites for hydroxylation is 1. The maximum atomic E-state index is 11.2. The number of nitrogen functional groups attached to an aromatic ring is 1. The Bertz CT molecular complexity index is 374. The number of hydrogen-bond donors (Lipinski definition) is 3. The molecule has 7 heteroatoms. The fourth-order valence-electron chi connectivity index (χ4n) is 1.45. The number of nitrogens with two attached hydrogens (primary N) is 2. The molecule has 0 aromatic carbocycles. The Balaban J connectivity index is 3.04. The van der Waals surface area contributed by atoms with Gasteiger partial charge in [-0.15, -0.1) is 0 Å². The Kier molecular flexibility index (Phi) is 4.27. The molecule has 0 saturated carbocycles. The normalized spacial score (nSPS) is 10.6. The van der Waals surface area contributed by atoms with E-state index in [2.05, 4.69) is 15.4 Å². The monoisotopic (exact) mass is 227 g/mol. The van der Waals surface area contributed by atoms with E-state index in [4.69, 9.17) is 11.5 Å². The van der Waals surface area contributed by atoms with Crippen molar-refractivity contribution in [1.29, 1.82) is 0 Å². The first kappa shape index (κ1) is 12.5. The van der Waals surface area contributed by atoms with Crippen molar-refractivity contribution in [2.75, 3.05) is 12.8 Å². The van der Waals surface area contributed by atoms with Crippen molar-refractivity contribution in [3.8, 4) is 0 Å². The molecule has 7 nitrogen and oxygen atoms in total. The number of carbonyl (C=O) groups excluding carboxylic acids is 1. The van der Waals surface area contributed by atoms with Crippen molar-refractivity contribution in [1.82, 2.24) is 15.3 Å². The molecular weight excluding hydrogens is 210 g/mol. The van der Waals surface area contributed by atoms with Crippen LogP contribution in [0.25, 0.3) is 0 Å². The molecule has 0 radical (unpaired) electrons. The zero-order valence-corrected chi connectivity index (χ0v) is 9.49. The van der Waals surface area contributed by atoms with E-state index in [1.807, 2.05) is 6.92 Å². The maximum Gasteiger partial charge on any atom is 0.269 e. The molecule has 0 unspecified atom stereocenters. The SMILES string of the molecule is CCCc1nn(CNOC)c(C(N)=O)c1N. The first-order valence-corrected chi connectivity index (χ1v) is 5.02. The lowest BCUT2D eigenvalue weighted by molar-refractivity contribution is 0.0656. The Morgan fingerprint density at radius 1 is 1.62 bits per heavy atom. The van der Waals surface area contributed by atoms with Crippen LogP contribution >= 0.6 is 0 Å². The predicted octanol–water partition coefficient (Wildman–Crippen LogP) is -0.375. The summed E-state index contributed by atoms with van der Waals surface area (Å²) in [5.74, 6) is -0.592. The number of nitrogens with one attached hydrogen (secondary N) is 1. The minimum atomic E-state index is -0.592. The van der Waals surface area contributed by atoms with Crippen LogP contribution in [0.2, 0.25) is 0 Å². The summed E-state index contributed by atoms with van der Waals surface area (Å²) in [4.78, 5) is 15.9. The largest absolute Gasteiger partial charge is 0.395 e. The second kappa shape index (κ2) is 5.47. The number of primary amides is 1. The smallest absolute Gasteiger partial charge is 0.269 e. The van der Waals surface area contributed by atoms with E-state index in [0.29, 0.717) is 17.8 Å². The first-order valence-electron chi connectivity index (χ1n) is 5.02. The van der Waals surface area contributed by atoms with Gasteiger partial charge in [-0.1, -0.05) is 13.3 Å². The second-order valence-corrected chi connectivity index (χ2v) is 3.33. The standard InChI is InChI=1S/C9H17N5O2/c1-3-4-6-7(10)8(9(11)15)14(13-6)5-12-16-2/h12H,3-5,10H2,1-2H3,(H2,11,15). The van der Waals surface area contributed by atoms with E-state index < -0.39 is 5.91 Å². The van der Waals surface area contributed by atoms with Crippen LogP contribution in [0.15, 0.2) is 0 Å². The summed E-state index contributed by atoms with van der Waals surface area (Å²) < 4.78 is 1.41. The van der Waals surface area contributed by atoms with Gasteiger partial charge in [-0.3, -0.25) is 4.79 Å². The van der Waals surface area contributed by atoms with Gasteiger partial charge in [0.25, 0.3) is 5.91 Å². The first-order chi connectivity index (χ1) is 7.61. The molecule has 90 valence electrons. The molecule has 1 aromatic heterocycles. The number of rotatable bonds is 6. The third kappa shape index (κ3) is 2.50. The van der Waals surface area contributed by atoms with Crippen molar-refractivity contribution in [2.24, 2.45) is 5.73 Å². The van der Waals surface area contributed by atoms with Crippen molar-refractivity contribution < 1.29 is 9.63 Å². The number of hydrogen-bond acceptors (Lipinski definition) is 5. The van der Waals surface area contributed by atoms with Crippen LogP contribution < -0.4 is 16.9 Å². The van der Waals surface area contributed by atoms with E-state index in [-0.39, 0.29) is 12.4 Å². The molecular formula is C9H17N5O2. The summed E-state index contributed by atoms with van der Waals surface area (Å²) in [5, 5.41) is 4.21. The number of amides is 1. The zero-order valence-electron chi connectivity index (χ0n) is 9.49. The molecule has 0 aliphatic carbocycles. The number of anilines is 1. The van der Waals surface area contributed by atoms with Crippen LogP contribution in [0.3, 0.4) is 0 Å². The fraction of sp³-hybridized carbons (Fsp3) is 0.556. The third-order valence-electron chi connectivity index (χ3n) is 2.14. The quantitative estimate of drug-likeness (QED) is 0.574. The lowest BCUT2D eigenvalue weighted by Crippen LogP contribution is -2.24. The average Bonchev–Trinajstić information content (AvgIpc) is 2.53. The highest BCUT2D eigenvalue weighted by Gasteiger charge is 2.18. The summed E-state index contributed by atoms with van der Waals surface area (Å²) >= 11 is 0. The van der Waals surface area contributed by atoms with Crippen LogP contribution in [0, 0.1) is 0 Å². The number of carbonyl (C=O) groups is 1. The molecule has 1 heterocycles. The molecule has 0 spiro atoms. The lowest BCUT2D eigenvalue weighted by Gasteiger charge is -2.04. The second-order valence-electron chi connectivity index (χ2n) is 3.33. The molecule has 0 saturated heterocycles. The molecule has 5 N–H and O–H groups in total. The van der Waals surface area contributed by atoms with E-state index >= 15 is 0 Å².